The van der Waals surface area contributed by atoms with Crippen molar-refractivity contribution in [2.75, 3.05) is 18.0 Å². The number of aryl methyl sites for hydroxylation is 1. The maximum absolute atomic E-state index is 13.4. The Balaban J connectivity index is 1.50. The van der Waals surface area contributed by atoms with Gasteiger partial charge in [-0.15, -0.1) is 0 Å². The number of nitrogens with zero attached hydrogens (tertiary/aromatic N) is 4. The Hall–Kier alpha value is -3.10. The number of alkyl halides is 2. The van der Waals surface area contributed by atoms with Gasteiger partial charge in [-0.25, -0.2) is 23.5 Å². The summed E-state index contributed by atoms with van der Waals surface area (Å²) in [5, 5.41) is 9.28. The van der Waals surface area contributed by atoms with Crippen LogP contribution in [-0.4, -0.2) is 50.9 Å². The van der Waals surface area contributed by atoms with Crippen LogP contribution in [0.5, 0.6) is 0 Å². The van der Waals surface area contributed by atoms with Crippen molar-refractivity contribution >= 4 is 17.7 Å². The number of fused-ring (bicyclic) bond motifs is 1. The average Bonchev–Trinajstić information content (AvgIpc) is 2.98. The molecular weight excluding hydrogens is 382 g/mol. The maximum atomic E-state index is 13.4. The molecule has 1 amide bonds. The lowest BCUT2D eigenvalue weighted by molar-refractivity contribution is -0.0221. The molecule has 1 fully saturated rings. The van der Waals surface area contributed by atoms with Gasteiger partial charge in [0, 0.05) is 62.5 Å². The molecule has 4 rings (SSSR count). The van der Waals surface area contributed by atoms with E-state index < -0.39 is 11.9 Å². The number of rotatable bonds is 4. The van der Waals surface area contributed by atoms with Gasteiger partial charge in [-0.3, -0.25) is 4.79 Å². The molecule has 0 spiro atoms. The molecule has 1 N–H and O–H groups in total. The van der Waals surface area contributed by atoms with Crippen molar-refractivity contribution in [2.45, 2.75) is 38.8 Å². The fourth-order valence-electron chi connectivity index (χ4n) is 3.91. The molecule has 152 valence electrons. The number of aromatic carboxylic acids is 1. The van der Waals surface area contributed by atoms with Crippen molar-refractivity contribution in [2.24, 2.45) is 0 Å². The minimum Gasteiger partial charge on any atom is -0.477 e. The second kappa shape index (κ2) is 7.06. The molecule has 2 aromatic heterocycles. The van der Waals surface area contributed by atoms with Crippen LogP contribution in [-0.2, 0) is 13.1 Å². The highest BCUT2D eigenvalue weighted by Gasteiger charge is 2.35. The maximum Gasteiger partial charge on any atom is 0.354 e. The molecule has 2 aliphatic rings. The van der Waals surface area contributed by atoms with Crippen molar-refractivity contribution in [3.63, 3.8) is 0 Å². The zero-order valence-electron chi connectivity index (χ0n) is 15.9. The standard InChI is InChI=1S/C20H20F2N4O3/c1-12-8-13(9-24-17(12)25-6-3-20(21,22)4-7-25)10-26-11-15-14(18(26)27)2-5-23-16(15)19(28)29/h2,5,8-9H,3-4,6-7,10-11H2,1H3,(H,28,29). The highest BCUT2D eigenvalue weighted by molar-refractivity contribution is 6.01. The highest BCUT2D eigenvalue weighted by atomic mass is 19.3. The molecule has 0 bridgehead atoms. The molecule has 4 heterocycles. The van der Waals surface area contributed by atoms with Crippen LogP contribution in [0.1, 0.15) is 50.4 Å². The molecule has 7 nitrogen and oxygen atoms in total. The van der Waals surface area contributed by atoms with Crippen molar-refractivity contribution in [3.8, 4) is 0 Å². The van der Waals surface area contributed by atoms with Gasteiger partial charge in [-0.2, -0.15) is 0 Å². The Labute approximate surface area is 166 Å². The van der Waals surface area contributed by atoms with Gasteiger partial charge >= 0.3 is 5.97 Å². The second-order valence-electron chi connectivity index (χ2n) is 7.48. The van der Waals surface area contributed by atoms with E-state index in [0.717, 1.165) is 11.1 Å². The first kappa shape index (κ1) is 19.2. The minimum atomic E-state index is -2.61. The molecule has 0 aliphatic carbocycles. The van der Waals surface area contributed by atoms with Crippen molar-refractivity contribution < 1.29 is 23.5 Å². The van der Waals surface area contributed by atoms with Crippen LogP contribution in [0, 0.1) is 6.92 Å². The zero-order valence-corrected chi connectivity index (χ0v) is 15.9. The zero-order chi connectivity index (χ0) is 20.8. The van der Waals surface area contributed by atoms with Crippen LogP contribution in [0.25, 0.3) is 0 Å². The number of anilines is 1. The first-order valence-electron chi connectivity index (χ1n) is 9.34. The fraction of sp³-hybridized carbons (Fsp3) is 0.400. The van der Waals surface area contributed by atoms with Gasteiger partial charge in [-0.1, -0.05) is 0 Å². The Kier molecular flexibility index (Phi) is 4.68. The Morgan fingerprint density at radius 3 is 2.66 bits per heavy atom. The number of hydrogen-bond acceptors (Lipinski definition) is 5. The number of carbonyl (C=O) groups is 2. The van der Waals surface area contributed by atoms with E-state index in [1.54, 1.807) is 11.1 Å². The molecule has 0 atom stereocenters. The van der Waals surface area contributed by atoms with E-state index in [1.165, 1.54) is 12.3 Å². The number of carboxylic acid groups (broad SMARTS) is 1. The predicted octanol–water partition coefficient (Wildman–Crippen LogP) is 2.87. The molecular formula is C20H20F2N4O3. The van der Waals surface area contributed by atoms with Gasteiger partial charge in [0.2, 0.25) is 0 Å². The summed E-state index contributed by atoms with van der Waals surface area (Å²) in [6, 6.07) is 3.42. The third-order valence-corrected chi connectivity index (χ3v) is 5.40. The Morgan fingerprint density at radius 1 is 1.28 bits per heavy atom. The van der Waals surface area contributed by atoms with Crippen LogP contribution in [0.4, 0.5) is 14.6 Å². The quantitative estimate of drug-likeness (QED) is 0.846. The summed E-state index contributed by atoms with van der Waals surface area (Å²) in [7, 11) is 0. The van der Waals surface area contributed by atoms with Crippen molar-refractivity contribution in [1.82, 2.24) is 14.9 Å². The fourth-order valence-corrected chi connectivity index (χ4v) is 3.91. The number of carbonyl (C=O) groups excluding carboxylic acids is 1. The van der Waals surface area contributed by atoms with E-state index in [4.69, 9.17) is 0 Å². The van der Waals surface area contributed by atoms with E-state index in [1.807, 2.05) is 17.9 Å². The van der Waals surface area contributed by atoms with Gasteiger partial charge in [0.15, 0.2) is 5.69 Å². The lowest BCUT2D eigenvalue weighted by atomic mass is 10.1. The first-order chi connectivity index (χ1) is 13.7. The molecule has 29 heavy (non-hydrogen) atoms. The van der Waals surface area contributed by atoms with Crippen LogP contribution in [0.2, 0.25) is 0 Å². The summed E-state index contributed by atoms with van der Waals surface area (Å²) in [5.74, 6) is -3.34. The van der Waals surface area contributed by atoms with Gasteiger partial charge in [0.05, 0.1) is 0 Å². The Morgan fingerprint density at radius 2 is 2.00 bits per heavy atom. The summed E-state index contributed by atoms with van der Waals surface area (Å²) in [4.78, 5) is 35.7. The van der Waals surface area contributed by atoms with E-state index in [2.05, 4.69) is 9.97 Å². The third kappa shape index (κ3) is 3.64. The summed E-state index contributed by atoms with van der Waals surface area (Å²) < 4.78 is 26.8. The SMILES string of the molecule is Cc1cc(CN2Cc3c(ccnc3C(=O)O)C2=O)cnc1N1CCC(F)(F)CC1. The summed E-state index contributed by atoms with van der Waals surface area (Å²) in [6.45, 7) is 2.83. The van der Waals surface area contributed by atoms with E-state index in [-0.39, 0.29) is 50.6 Å². The van der Waals surface area contributed by atoms with E-state index >= 15 is 0 Å². The lowest BCUT2D eigenvalue weighted by Crippen LogP contribution is -2.40. The van der Waals surface area contributed by atoms with Gasteiger partial charge < -0.3 is 14.9 Å². The predicted molar refractivity (Wildman–Crippen MR) is 100 cm³/mol. The van der Waals surface area contributed by atoms with E-state index in [9.17, 15) is 23.5 Å². The van der Waals surface area contributed by atoms with Crippen LogP contribution < -0.4 is 4.90 Å². The highest BCUT2D eigenvalue weighted by Crippen LogP contribution is 2.31. The topological polar surface area (TPSA) is 86.6 Å². The van der Waals surface area contributed by atoms with Crippen LogP contribution in [0.3, 0.4) is 0 Å². The van der Waals surface area contributed by atoms with Gasteiger partial charge in [0.25, 0.3) is 11.8 Å². The number of amides is 1. The van der Waals surface area contributed by atoms with Crippen LogP contribution in [0.15, 0.2) is 24.5 Å². The monoisotopic (exact) mass is 402 g/mol. The number of pyridine rings is 2. The lowest BCUT2D eigenvalue weighted by Gasteiger charge is -2.33. The molecule has 0 unspecified atom stereocenters. The third-order valence-electron chi connectivity index (χ3n) is 5.40. The minimum absolute atomic E-state index is 0.107. The second-order valence-corrected chi connectivity index (χ2v) is 7.48. The number of halogens is 2. The van der Waals surface area contributed by atoms with Gasteiger partial charge in [0.1, 0.15) is 5.82 Å². The largest absolute Gasteiger partial charge is 0.477 e. The number of hydrogen-bond donors (Lipinski definition) is 1. The van der Waals surface area contributed by atoms with Gasteiger partial charge in [-0.05, 0) is 30.2 Å². The molecule has 9 heteroatoms. The molecule has 2 aromatic rings. The summed E-state index contributed by atoms with van der Waals surface area (Å²) in [6.07, 6.45) is 2.60. The summed E-state index contributed by atoms with van der Waals surface area (Å²) in [5.41, 5.74) is 2.31. The smallest absolute Gasteiger partial charge is 0.354 e. The average molecular weight is 402 g/mol. The number of aromatic nitrogens is 2. The molecule has 0 radical (unpaired) electrons. The van der Waals surface area contributed by atoms with Crippen molar-refractivity contribution in [1.29, 1.82) is 0 Å². The Bertz CT molecular complexity index is 986. The molecule has 1 saturated heterocycles. The normalized spacial score (nSPS) is 18.1. The molecule has 2 aliphatic heterocycles. The number of carboxylic acids is 1. The molecule has 0 aromatic carbocycles. The van der Waals surface area contributed by atoms with Crippen molar-refractivity contribution in [3.05, 3.63) is 52.5 Å². The molecule has 0 saturated carbocycles. The summed E-state index contributed by atoms with van der Waals surface area (Å²) >= 11 is 0. The number of piperidine rings is 1. The first-order valence-corrected chi connectivity index (χ1v) is 9.34. The van der Waals surface area contributed by atoms with E-state index in [0.29, 0.717) is 16.9 Å². The van der Waals surface area contributed by atoms with Crippen LogP contribution >= 0.6 is 0 Å².